The molecule has 0 unspecified atom stereocenters. The molecule has 3 aromatic rings. The van der Waals surface area contributed by atoms with Crippen LogP contribution >= 0.6 is 11.6 Å². The lowest BCUT2D eigenvalue weighted by molar-refractivity contribution is -0.142. The Hall–Kier alpha value is -2.36. The van der Waals surface area contributed by atoms with Gasteiger partial charge >= 0.3 is 6.18 Å². The fourth-order valence-corrected chi connectivity index (χ4v) is 3.39. The highest BCUT2D eigenvalue weighted by Gasteiger charge is 2.36. The molecule has 1 aromatic heterocycles. The normalized spacial score (nSPS) is 12.3. The SMILES string of the molecule is NS(=O)(=O)c1cccc(-c2ccc(Cl)cc2)c1-n1nccc1C(F)(F)F. The Morgan fingerprint density at radius 1 is 1.04 bits per heavy atom. The quantitative estimate of drug-likeness (QED) is 0.723. The molecule has 0 atom stereocenters. The standard InChI is InChI=1S/C16H11ClF3N3O2S/c17-11-6-4-10(5-7-11)12-2-1-3-13(26(21,24)25)15(12)23-14(8-9-22-23)16(18,19)20/h1-9H,(H2,21,24,25). The van der Waals surface area contributed by atoms with Gasteiger partial charge in [0.1, 0.15) is 10.6 Å². The number of nitrogens with two attached hydrogens (primary N) is 1. The number of para-hydroxylation sites is 1. The van der Waals surface area contributed by atoms with E-state index in [1.165, 1.54) is 24.3 Å². The zero-order valence-electron chi connectivity index (χ0n) is 12.9. The van der Waals surface area contributed by atoms with E-state index in [4.69, 9.17) is 16.7 Å². The van der Waals surface area contributed by atoms with E-state index in [0.29, 0.717) is 15.3 Å². The number of hydrogen-bond donors (Lipinski definition) is 1. The van der Waals surface area contributed by atoms with Gasteiger partial charge in [-0.25, -0.2) is 18.2 Å². The van der Waals surface area contributed by atoms with E-state index >= 15 is 0 Å². The smallest absolute Gasteiger partial charge is 0.227 e. The molecule has 3 rings (SSSR count). The summed E-state index contributed by atoms with van der Waals surface area (Å²) in [6, 6.07) is 11.0. The van der Waals surface area contributed by atoms with Gasteiger partial charge in [0.25, 0.3) is 0 Å². The molecule has 5 nitrogen and oxygen atoms in total. The first-order valence-electron chi connectivity index (χ1n) is 7.12. The van der Waals surface area contributed by atoms with Crippen molar-refractivity contribution in [3.63, 3.8) is 0 Å². The van der Waals surface area contributed by atoms with Crippen LogP contribution in [0.4, 0.5) is 13.2 Å². The van der Waals surface area contributed by atoms with E-state index < -0.39 is 26.8 Å². The summed E-state index contributed by atoms with van der Waals surface area (Å²) in [5.74, 6) is 0. The van der Waals surface area contributed by atoms with Gasteiger partial charge < -0.3 is 0 Å². The number of sulfonamides is 1. The lowest BCUT2D eigenvalue weighted by Crippen LogP contribution is -2.20. The topological polar surface area (TPSA) is 78.0 Å². The molecule has 0 aliphatic heterocycles. The second kappa shape index (κ2) is 6.42. The maximum absolute atomic E-state index is 13.3. The first-order valence-corrected chi connectivity index (χ1v) is 9.05. The van der Waals surface area contributed by atoms with Gasteiger partial charge in [0.15, 0.2) is 0 Å². The third-order valence-electron chi connectivity index (χ3n) is 3.61. The number of alkyl halides is 3. The van der Waals surface area contributed by atoms with Gasteiger partial charge in [-0.3, -0.25) is 0 Å². The Balaban J connectivity index is 2.39. The molecule has 0 radical (unpaired) electrons. The van der Waals surface area contributed by atoms with E-state index in [9.17, 15) is 21.6 Å². The van der Waals surface area contributed by atoms with Crippen LogP contribution < -0.4 is 5.14 Å². The van der Waals surface area contributed by atoms with Crippen molar-refractivity contribution in [1.82, 2.24) is 9.78 Å². The van der Waals surface area contributed by atoms with Crippen molar-refractivity contribution in [2.24, 2.45) is 5.14 Å². The fraction of sp³-hybridized carbons (Fsp3) is 0.0625. The molecule has 0 amide bonds. The van der Waals surface area contributed by atoms with Crippen LogP contribution in [0.1, 0.15) is 5.69 Å². The Kier molecular flexibility index (Phi) is 4.55. The summed E-state index contributed by atoms with van der Waals surface area (Å²) in [4.78, 5) is -0.473. The zero-order valence-corrected chi connectivity index (χ0v) is 14.5. The predicted octanol–water partition coefficient (Wildman–Crippen LogP) is 3.86. The number of nitrogens with zero attached hydrogens (tertiary/aromatic N) is 2. The first kappa shape index (κ1) is 18.4. The average molecular weight is 402 g/mol. The summed E-state index contributed by atoms with van der Waals surface area (Å²) in [5, 5.41) is 9.33. The zero-order chi connectivity index (χ0) is 19.1. The first-order chi connectivity index (χ1) is 12.1. The summed E-state index contributed by atoms with van der Waals surface area (Å²) >= 11 is 5.85. The highest BCUT2D eigenvalue weighted by Crippen LogP contribution is 2.36. The molecule has 0 aliphatic carbocycles. The third-order valence-corrected chi connectivity index (χ3v) is 4.80. The lowest BCUT2D eigenvalue weighted by atomic mass is 10.0. The fourth-order valence-electron chi connectivity index (χ4n) is 2.53. The molecule has 136 valence electrons. The van der Waals surface area contributed by atoms with Gasteiger partial charge in [-0.1, -0.05) is 35.9 Å². The lowest BCUT2D eigenvalue weighted by Gasteiger charge is -2.17. The summed E-state index contributed by atoms with van der Waals surface area (Å²) in [5.41, 5.74) is -0.737. The molecule has 1 heterocycles. The van der Waals surface area contributed by atoms with Gasteiger partial charge in [-0.05, 0) is 29.8 Å². The third kappa shape index (κ3) is 3.46. The maximum atomic E-state index is 13.3. The second-order valence-corrected chi connectivity index (χ2v) is 7.30. The molecule has 0 aliphatic rings. The van der Waals surface area contributed by atoms with Crippen LogP contribution in [0, 0.1) is 0 Å². The van der Waals surface area contributed by atoms with Crippen LogP contribution in [0.2, 0.25) is 5.02 Å². The molecule has 26 heavy (non-hydrogen) atoms. The monoisotopic (exact) mass is 401 g/mol. The minimum absolute atomic E-state index is 0.211. The number of primary sulfonamides is 1. The minimum atomic E-state index is -4.74. The Bertz CT molecular complexity index is 1060. The second-order valence-electron chi connectivity index (χ2n) is 5.33. The Morgan fingerprint density at radius 3 is 2.27 bits per heavy atom. The molecule has 2 N–H and O–H groups in total. The van der Waals surface area contributed by atoms with Crippen molar-refractivity contribution >= 4 is 21.6 Å². The highest BCUT2D eigenvalue weighted by atomic mass is 35.5. The molecule has 0 saturated heterocycles. The molecular formula is C16H11ClF3N3O2S. The molecule has 0 bridgehead atoms. The molecule has 0 saturated carbocycles. The van der Waals surface area contributed by atoms with Gasteiger partial charge in [0.2, 0.25) is 10.0 Å². The summed E-state index contributed by atoms with van der Waals surface area (Å²) in [6.45, 7) is 0. The highest BCUT2D eigenvalue weighted by molar-refractivity contribution is 7.89. The van der Waals surface area contributed by atoms with Gasteiger partial charge in [-0.2, -0.15) is 18.3 Å². The van der Waals surface area contributed by atoms with E-state index in [1.54, 1.807) is 12.1 Å². The summed E-state index contributed by atoms with van der Waals surface area (Å²) < 4.78 is 64.5. The number of rotatable bonds is 3. The number of hydrogen-bond acceptors (Lipinski definition) is 3. The summed E-state index contributed by atoms with van der Waals surface area (Å²) in [7, 11) is -4.31. The maximum Gasteiger partial charge on any atom is 0.433 e. The Labute approximate surface area is 151 Å². The number of aromatic nitrogens is 2. The predicted molar refractivity (Wildman–Crippen MR) is 90.4 cm³/mol. The van der Waals surface area contributed by atoms with Gasteiger partial charge in [0, 0.05) is 10.6 Å². The Morgan fingerprint density at radius 2 is 1.69 bits per heavy atom. The van der Waals surface area contributed by atoms with Crippen molar-refractivity contribution in [3.05, 3.63) is 65.4 Å². The van der Waals surface area contributed by atoms with Crippen LogP contribution in [0.25, 0.3) is 16.8 Å². The molecule has 10 heteroatoms. The van der Waals surface area contributed by atoms with Crippen LogP contribution in [-0.2, 0) is 16.2 Å². The van der Waals surface area contributed by atoms with E-state index in [0.717, 1.165) is 18.3 Å². The summed E-state index contributed by atoms with van der Waals surface area (Å²) in [6.07, 6.45) is -3.80. The van der Waals surface area contributed by atoms with Crippen molar-refractivity contribution in [1.29, 1.82) is 0 Å². The minimum Gasteiger partial charge on any atom is -0.227 e. The number of benzene rings is 2. The van der Waals surface area contributed by atoms with Crippen molar-refractivity contribution < 1.29 is 21.6 Å². The van der Waals surface area contributed by atoms with Gasteiger partial charge in [-0.15, -0.1) is 0 Å². The van der Waals surface area contributed by atoms with Crippen molar-refractivity contribution in [3.8, 4) is 16.8 Å². The van der Waals surface area contributed by atoms with E-state index in [2.05, 4.69) is 5.10 Å². The largest absolute Gasteiger partial charge is 0.433 e. The molecule has 0 spiro atoms. The van der Waals surface area contributed by atoms with Crippen LogP contribution in [0.15, 0.2) is 59.6 Å². The van der Waals surface area contributed by atoms with E-state index in [1.807, 2.05) is 0 Å². The van der Waals surface area contributed by atoms with Gasteiger partial charge in [0.05, 0.1) is 11.9 Å². The van der Waals surface area contributed by atoms with Crippen LogP contribution in [-0.4, -0.2) is 18.2 Å². The number of halogens is 4. The molecule has 0 fully saturated rings. The molecular weight excluding hydrogens is 391 g/mol. The molecule has 2 aromatic carbocycles. The van der Waals surface area contributed by atoms with Crippen molar-refractivity contribution in [2.45, 2.75) is 11.1 Å². The van der Waals surface area contributed by atoms with Crippen LogP contribution in [0.3, 0.4) is 0 Å². The van der Waals surface area contributed by atoms with Crippen LogP contribution in [0.5, 0.6) is 0 Å². The van der Waals surface area contributed by atoms with Crippen molar-refractivity contribution in [2.75, 3.05) is 0 Å². The van der Waals surface area contributed by atoms with E-state index in [-0.39, 0.29) is 11.3 Å². The average Bonchev–Trinajstić information content (AvgIpc) is 3.04.